The van der Waals surface area contributed by atoms with Crippen LogP contribution in [0.5, 0.6) is 0 Å². The second kappa shape index (κ2) is 8.97. The van der Waals surface area contributed by atoms with Gasteiger partial charge in [-0.1, -0.05) is 6.92 Å². The van der Waals surface area contributed by atoms with Gasteiger partial charge < -0.3 is 10.1 Å². The Morgan fingerprint density at radius 1 is 1.07 bits per heavy atom. The molecule has 1 N–H and O–H groups in total. The molecule has 0 atom stereocenters. The fourth-order valence-electron chi connectivity index (χ4n) is 1.08. The van der Waals surface area contributed by atoms with E-state index in [0.717, 1.165) is 25.9 Å². The molecular weight excluding hydrogens is 207 g/mol. The molecule has 0 rings (SSSR count). The lowest BCUT2D eigenvalue weighted by molar-refractivity contribution is -0.137. The molecule has 0 aromatic rings. The summed E-state index contributed by atoms with van der Waals surface area (Å²) in [5, 5.41) is 3.19. The maximum atomic E-state index is 11.7. The van der Waals surface area contributed by atoms with Gasteiger partial charge in [0.1, 0.15) is 0 Å². The topological polar surface area (TPSA) is 21.3 Å². The number of rotatable bonds is 9. The van der Waals surface area contributed by atoms with Crippen molar-refractivity contribution in [2.45, 2.75) is 38.8 Å². The van der Waals surface area contributed by atoms with Crippen molar-refractivity contribution in [2.75, 3.05) is 26.3 Å². The van der Waals surface area contributed by atoms with Crippen molar-refractivity contribution in [3.8, 4) is 0 Å². The minimum absolute atomic E-state index is 0.0614. The van der Waals surface area contributed by atoms with E-state index in [1.165, 1.54) is 0 Å². The standard InChI is InChI=1S/C10H20F3NO/c1-2-6-14-7-4-9-15-8-3-5-10(11,12)13/h14H,2-9H2,1H3. The third kappa shape index (κ3) is 13.7. The first-order chi connectivity index (χ1) is 7.06. The Balaban J connectivity index is 2.99. The van der Waals surface area contributed by atoms with Crippen LogP contribution in [0.3, 0.4) is 0 Å². The van der Waals surface area contributed by atoms with Crippen LogP contribution in [0.4, 0.5) is 13.2 Å². The monoisotopic (exact) mass is 227 g/mol. The molecule has 0 heterocycles. The van der Waals surface area contributed by atoms with Crippen LogP contribution in [0.15, 0.2) is 0 Å². The quantitative estimate of drug-likeness (QED) is 0.611. The molecule has 0 radical (unpaired) electrons. The molecule has 0 aromatic heterocycles. The Bertz CT molecular complexity index is 139. The van der Waals surface area contributed by atoms with Crippen LogP contribution in [0, 0.1) is 0 Å². The second-order valence-electron chi connectivity index (χ2n) is 3.43. The molecule has 0 aromatic carbocycles. The molecule has 0 unspecified atom stereocenters. The molecule has 0 aliphatic rings. The van der Waals surface area contributed by atoms with Crippen molar-refractivity contribution >= 4 is 0 Å². The van der Waals surface area contributed by atoms with Gasteiger partial charge in [-0.3, -0.25) is 0 Å². The molecule has 0 fully saturated rings. The summed E-state index contributed by atoms with van der Waals surface area (Å²) in [6.07, 6.45) is -2.79. The van der Waals surface area contributed by atoms with Crippen LogP contribution in [0.25, 0.3) is 0 Å². The molecule has 0 aliphatic carbocycles. The van der Waals surface area contributed by atoms with Crippen molar-refractivity contribution in [3.05, 3.63) is 0 Å². The largest absolute Gasteiger partial charge is 0.389 e. The van der Waals surface area contributed by atoms with Crippen LogP contribution in [0.1, 0.15) is 32.6 Å². The van der Waals surface area contributed by atoms with Gasteiger partial charge in [0.2, 0.25) is 0 Å². The zero-order valence-corrected chi connectivity index (χ0v) is 9.20. The third-order valence-electron chi connectivity index (χ3n) is 1.82. The molecule has 0 bridgehead atoms. The first-order valence-electron chi connectivity index (χ1n) is 5.41. The highest BCUT2D eigenvalue weighted by atomic mass is 19.4. The minimum Gasteiger partial charge on any atom is -0.381 e. The van der Waals surface area contributed by atoms with Gasteiger partial charge in [0.25, 0.3) is 0 Å². The summed E-state index contributed by atoms with van der Waals surface area (Å²) in [5.74, 6) is 0. The molecule has 0 amide bonds. The van der Waals surface area contributed by atoms with Gasteiger partial charge in [-0.2, -0.15) is 13.2 Å². The van der Waals surface area contributed by atoms with E-state index in [4.69, 9.17) is 4.74 Å². The van der Waals surface area contributed by atoms with Gasteiger partial charge in [-0.05, 0) is 32.4 Å². The summed E-state index contributed by atoms with van der Waals surface area (Å²) < 4.78 is 40.2. The molecular formula is C10H20F3NO. The number of ether oxygens (including phenoxy) is 1. The summed E-state index contributed by atoms with van der Waals surface area (Å²) in [5.41, 5.74) is 0. The van der Waals surface area contributed by atoms with Crippen molar-refractivity contribution in [1.82, 2.24) is 5.32 Å². The SMILES string of the molecule is CCCNCCCOCCCC(F)(F)F. The summed E-state index contributed by atoms with van der Waals surface area (Å²) in [4.78, 5) is 0. The van der Waals surface area contributed by atoms with E-state index < -0.39 is 12.6 Å². The Morgan fingerprint density at radius 3 is 2.33 bits per heavy atom. The van der Waals surface area contributed by atoms with Crippen LogP contribution in [-0.2, 0) is 4.74 Å². The molecule has 0 saturated carbocycles. The highest BCUT2D eigenvalue weighted by Crippen LogP contribution is 2.20. The third-order valence-corrected chi connectivity index (χ3v) is 1.82. The fourth-order valence-corrected chi connectivity index (χ4v) is 1.08. The highest BCUT2D eigenvalue weighted by Gasteiger charge is 2.25. The van der Waals surface area contributed by atoms with Crippen molar-refractivity contribution in [1.29, 1.82) is 0 Å². The van der Waals surface area contributed by atoms with E-state index in [-0.39, 0.29) is 13.0 Å². The fraction of sp³-hybridized carbons (Fsp3) is 1.00. The normalized spacial score (nSPS) is 12.0. The Morgan fingerprint density at radius 2 is 1.73 bits per heavy atom. The lowest BCUT2D eigenvalue weighted by atomic mass is 10.3. The summed E-state index contributed by atoms with van der Waals surface area (Å²) in [6, 6.07) is 0. The van der Waals surface area contributed by atoms with E-state index in [2.05, 4.69) is 12.2 Å². The Labute approximate surface area is 89.2 Å². The van der Waals surface area contributed by atoms with E-state index in [0.29, 0.717) is 6.61 Å². The van der Waals surface area contributed by atoms with Gasteiger partial charge in [-0.15, -0.1) is 0 Å². The predicted molar refractivity (Wildman–Crippen MR) is 53.9 cm³/mol. The number of alkyl halides is 3. The van der Waals surface area contributed by atoms with E-state index in [1.807, 2.05) is 0 Å². The number of hydrogen-bond donors (Lipinski definition) is 1. The zero-order chi connectivity index (χ0) is 11.6. The average Bonchev–Trinajstić information content (AvgIpc) is 2.14. The smallest absolute Gasteiger partial charge is 0.381 e. The molecule has 2 nitrogen and oxygen atoms in total. The molecule has 92 valence electrons. The van der Waals surface area contributed by atoms with E-state index in [9.17, 15) is 13.2 Å². The zero-order valence-electron chi connectivity index (χ0n) is 9.20. The van der Waals surface area contributed by atoms with Gasteiger partial charge in [0, 0.05) is 19.6 Å². The second-order valence-corrected chi connectivity index (χ2v) is 3.43. The lowest BCUT2D eigenvalue weighted by Gasteiger charge is -2.07. The van der Waals surface area contributed by atoms with Crippen LogP contribution >= 0.6 is 0 Å². The summed E-state index contributed by atoms with van der Waals surface area (Å²) in [7, 11) is 0. The number of nitrogens with one attached hydrogen (secondary N) is 1. The molecule has 0 aliphatic heterocycles. The predicted octanol–water partition coefficient (Wildman–Crippen LogP) is 2.74. The van der Waals surface area contributed by atoms with Crippen LogP contribution in [0.2, 0.25) is 0 Å². The minimum atomic E-state index is -4.05. The molecule has 0 saturated heterocycles. The Kier molecular flexibility index (Phi) is 8.80. The molecule has 0 spiro atoms. The van der Waals surface area contributed by atoms with E-state index >= 15 is 0 Å². The average molecular weight is 227 g/mol. The van der Waals surface area contributed by atoms with Gasteiger partial charge in [0.15, 0.2) is 0 Å². The highest BCUT2D eigenvalue weighted by molar-refractivity contribution is 4.50. The lowest BCUT2D eigenvalue weighted by Crippen LogP contribution is -2.17. The number of hydrogen-bond acceptors (Lipinski definition) is 2. The maximum absolute atomic E-state index is 11.7. The van der Waals surface area contributed by atoms with Crippen molar-refractivity contribution < 1.29 is 17.9 Å². The maximum Gasteiger partial charge on any atom is 0.389 e. The first-order valence-corrected chi connectivity index (χ1v) is 5.41. The van der Waals surface area contributed by atoms with E-state index in [1.54, 1.807) is 0 Å². The Hall–Kier alpha value is -0.290. The number of halogens is 3. The van der Waals surface area contributed by atoms with Crippen molar-refractivity contribution in [3.63, 3.8) is 0 Å². The molecule has 5 heteroatoms. The van der Waals surface area contributed by atoms with Gasteiger partial charge in [-0.25, -0.2) is 0 Å². The first kappa shape index (κ1) is 14.7. The summed E-state index contributed by atoms with van der Waals surface area (Å²) in [6.45, 7) is 4.67. The van der Waals surface area contributed by atoms with Gasteiger partial charge in [0.05, 0.1) is 0 Å². The van der Waals surface area contributed by atoms with Crippen LogP contribution < -0.4 is 5.32 Å². The summed E-state index contributed by atoms with van der Waals surface area (Å²) >= 11 is 0. The molecule has 15 heavy (non-hydrogen) atoms. The van der Waals surface area contributed by atoms with Gasteiger partial charge >= 0.3 is 6.18 Å². The van der Waals surface area contributed by atoms with Crippen molar-refractivity contribution in [2.24, 2.45) is 0 Å². The van der Waals surface area contributed by atoms with Crippen LogP contribution in [-0.4, -0.2) is 32.5 Å².